The summed E-state index contributed by atoms with van der Waals surface area (Å²) in [6.07, 6.45) is 6.33. The number of fused-ring (bicyclic) bond motifs is 2. The van der Waals surface area contributed by atoms with Crippen molar-refractivity contribution in [2.45, 2.75) is 59.3 Å². The fourth-order valence-electron chi connectivity index (χ4n) is 4.96. The van der Waals surface area contributed by atoms with Crippen molar-refractivity contribution in [2.75, 3.05) is 13.1 Å². The highest BCUT2D eigenvalue weighted by Crippen LogP contribution is 2.45. The van der Waals surface area contributed by atoms with Gasteiger partial charge in [0, 0.05) is 34.5 Å². The van der Waals surface area contributed by atoms with Gasteiger partial charge >= 0.3 is 0 Å². The SMILES string of the molecule is Cc1c(-c2[nH]c3sc([C@H]4CCCNC4)c(C)c3c2C(C)C)cn2ncnc2c1C. The third-order valence-electron chi connectivity index (χ3n) is 6.60. The summed E-state index contributed by atoms with van der Waals surface area (Å²) in [6, 6.07) is 0. The number of pyridine rings is 1. The maximum absolute atomic E-state index is 4.42. The number of aryl methyl sites for hydroxylation is 2. The number of nitrogens with one attached hydrogen (secondary N) is 2. The zero-order valence-electron chi connectivity index (χ0n) is 17.9. The zero-order valence-corrected chi connectivity index (χ0v) is 18.7. The topological polar surface area (TPSA) is 58.0 Å². The number of nitrogens with zero attached hydrogens (tertiary/aromatic N) is 3. The van der Waals surface area contributed by atoms with Crippen LogP contribution in [0.15, 0.2) is 12.5 Å². The number of piperidine rings is 1. The predicted molar refractivity (Wildman–Crippen MR) is 121 cm³/mol. The van der Waals surface area contributed by atoms with Crippen LogP contribution in [0, 0.1) is 20.8 Å². The van der Waals surface area contributed by atoms with Gasteiger partial charge in [0.25, 0.3) is 0 Å². The number of thiophene rings is 1. The molecule has 0 unspecified atom stereocenters. The second kappa shape index (κ2) is 6.96. The van der Waals surface area contributed by atoms with Crippen molar-refractivity contribution in [3.05, 3.63) is 39.7 Å². The Morgan fingerprint density at radius 3 is 2.72 bits per heavy atom. The normalized spacial score (nSPS) is 17.8. The molecule has 1 atom stereocenters. The van der Waals surface area contributed by atoms with E-state index < -0.39 is 0 Å². The second-order valence-corrected chi connectivity index (χ2v) is 9.78. The van der Waals surface area contributed by atoms with Crippen molar-refractivity contribution in [3.8, 4) is 11.3 Å². The molecule has 1 fully saturated rings. The molecule has 4 aromatic heterocycles. The summed E-state index contributed by atoms with van der Waals surface area (Å²) >= 11 is 1.96. The van der Waals surface area contributed by atoms with E-state index in [1.807, 2.05) is 15.9 Å². The van der Waals surface area contributed by atoms with Crippen LogP contribution in [0.3, 0.4) is 0 Å². The van der Waals surface area contributed by atoms with Gasteiger partial charge in [0.2, 0.25) is 0 Å². The molecule has 5 heterocycles. The Morgan fingerprint density at radius 2 is 2.00 bits per heavy atom. The Kier molecular flexibility index (Phi) is 4.51. The molecular formula is C23H29N5S. The Morgan fingerprint density at radius 1 is 1.17 bits per heavy atom. The van der Waals surface area contributed by atoms with Gasteiger partial charge in [-0.15, -0.1) is 11.3 Å². The van der Waals surface area contributed by atoms with Crippen LogP contribution in [0.2, 0.25) is 0 Å². The van der Waals surface area contributed by atoms with Gasteiger partial charge in [-0.1, -0.05) is 13.8 Å². The fraction of sp³-hybridized carbons (Fsp3) is 0.478. The first kappa shape index (κ1) is 18.8. The van der Waals surface area contributed by atoms with E-state index in [1.54, 1.807) is 11.2 Å². The van der Waals surface area contributed by atoms with Gasteiger partial charge in [0.05, 0.1) is 5.69 Å². The molecule has 0 saturated carbocycles. The average molecular weight is 408 g/mol. The zero-order chi connectivity index (χ0) is 20.3. The van der Waals surface area contributed by atoms with Crippen LogP contribution in [-0.2, 0) is 0 Å². The highest BCUT2D eigenvalue weighted by molar-refractivity contribution is 7.19. The van der Waals surface area contributed by atoms with Crippen LogP contribution in [0.4, 0.5) is 0 Å². The van der Waals surface area contributed by atoms with Crippen molar-refractivity contribution in [1.82, 2.24) is 24.9 Å². The Bertz CT molecular complexity index is 1200. The monoisotopic (exact) mass is 407 g/mol. The summed E-state index contributed by atoms with van der Waals surface area (Å²) in [4.78, 5) is 11.1. The van der Waals surface area contributed by atoms with E-state index in [1.165, 1.54) is 56.6 Å². The summed E-state index contributed by atoms with van der Waals surface area (Å²) in [5, 5.41) is 9.42. The lowest BCUT2D eigenvalue weighted by Crippen LogP contribution is -2.28. The number of H-pyrrole nitrogens is 1. The maximum atomic E-state index is 4.42. The van der Waals surface area contributed by atoms with Crippen LogP contribution in [0.25, 0.3) is 27.1 Å². The van der Waals surface area contributed by atoms with E-state index in [2.05, 4.69) is 61.2 Å². The molecule has 1 saturated heterocycles. The minimum absolute atomic E-state index is 0.440. The lowest BCUT2D eigenvalue weighted by Gasteiger charge is -2.22. The maximum Gasteiger partial charge on any atom is 0.158 e. The molecule has 5 rings (SSSR count). The molecule has 0 spiro atoms. The molecule has 0 aliphatic carbocycles. The molecular weight excluding hydrogens is 378 g/mol. The predicted octanol–water partition coefficient (Wildman–Crippen LogP) is 5.45. The molecule has 152 valence electrons. The van der Waals surface area contributed by atoms with Gasteiger partial charge in [-0.25, -0.2) is 9.50 Å². The quantitative estimate of drug-likeness (QED) is 0.474. The van der Waals surface area contributed by atoms with Crippen LogP contribution in [0.5, 0.6) is 0 Å². The summed E-state index contributed by atoms with van der Waals surface area (Å²) in [5.41, 5.74) is 8.79. The molecule has 2 N–H and O–H groups in total. The number of aromatic amines is 1. The van der Waals surface area contributed by atoms with Crippen molar-refractivity contribution < 1.29 is 0 Å². The highest BCUT2D eigenvalue weighted by Gasteiger charge is 2.26. The van der Waals surface area contributed by atoms with Crippen molar-refractivity contribution >= 4 is 27.2 Å². The van der Waals surface area contributed by atoms with Crippen LogP contribution in [-0.4, -0.2) is 32.7 Å². The number of aromatic nitrogens is 4. The highest BCUT2D eigenvalue weighted by atomic mass is 32.1. The van der Waals surface area contributed by atoms with Gasteiger partial charge in [-0.2, -0.15) is 5.10 Å². The smallest absolute Gasteiger partial charge is 0.158 e. The molecule has 5 nitrogen and oxygen atoms in total. The average Bonchev–Trinajstić information content (AvgIpc) is 3.40. The Labute approximate surface area is 175 Å². The Balaban J connectivity index is 1.73. The van der Waals surface area contributed by atoms with E-state index in [9.17, 15) is 0 Å². The third kappa shape index (κ3) is 2.84. The molecule has 0 radical (unpaired) electrons. The van der Waals surface area contributed by atoms with Gasteiger partial charge in [-0.05, 0) is 68.3 Å². The summed E-state index contributed by atoms with van der Waals surface area (Å²) in [5.74, 6) is 1.09. The second-order valence-electron chi connectivity index (χ2n) is 8.73. The number of hydrogen-bond donors (Lipinski definition) is 2. The van der Waals surface area contributed by atoms with E-state index in [4.69, 9.17) is 0 Å². The van der Waals surface area contributed by atoms with Gasteiger partial charge in [-0.3, -0.25) is 0 Å². The lowest BCUT2D eigenvalue weighted by atomic mass is 9.91. The molecule has 6 heteroatoms. The molecule has 1 aliphatic heterocycles. The first-order valence-corrected chi connectivity index (χ1v) is 11.4. The van der Waals surface area contributed by atoms with Gasteiger partial charge < -0.3 is 10.3 Å². The first-order chi connectivity index (χ1) is 14.0. The first-order valence-electron chi connectivity index (χ1n) is 10.6. The molecule has 0 bridgehead atoms. The largest absolute Gasteiger partial charge is 0.346 e. The van der Waals surface area contributed by atoms with Crippen LogP contribution < -0.4 is 5.32 Å². The van der Waals surface area contributed by atoms with E-state index in [0.29, 0.717) is 11.8 Å². The molecule has 0 amide bonds. The van der Waals surface area contributed by atoms with E-state index in [-0.39, 0.29) is 0 Å². The van der Waals surface area contributed by atoms with Crippen LogP contribution >= 0.6 is 11.3 Å². The third-order valence-corrected chi connectivity index (χ3v) is 7.97. The van der Waals surface area contributed by atoms with Crippen LogP contribution in [0.1, 0.15) is 65.7 Å². The van der Waals surface area contributed by atoms with Crippen molar-refractivity contribution in [3.63, 3.8) is 0 Å². The number of rotatable bonds is 3. The molecule has 1 aliphatic rings. The number of hydrogen-bond acceptors (Lipinski definition) is 4. The minimum atomic E-state index is 0.440. The lowest BCUT2D eigenvalue weighted by molar-refractivity contribution is 0.465. The summed E-state index contributed by atoms with van der Waals surface area (Å²) < 4.78 is 1.91. The van der Waals surface area contributed by atoms with Crippen molar-refractivity contribution in [2.24, 2.45) is 0 Å². The molecule has 29 heavy (non-hydrogen) atoms. The molecule has 0 aromatic carbocycles. The summed E-state index contributed by atoms with van der Waals surface area (Å²) in [7, 11) is 0. The fourth-order valence-corrected chi connectivity index (χ4v) is 6.32. The summed E-state index contributed by atoms with van der Waals surface area (Å²) in [6.45, 7) is 13.5. The minimum Gasteiger partial charge on any atom is -0.346 e. The van der Waals surface area contributed by atoms with Gasteiger partial charge in [0.1, 0.15) is 11.2 Å². The van der Waals surface area contributed by atoms with E-state index >= 15 is 0 Å². The van der Waals surface area contributed by atoms with Gasteiger partial charge in [0.15, 0.2) is 5.65 Å². The standard InChI is InChI=1S/C23H29N5S/c1-12(2)18-19-15(5)21(16-7-6-8-24-9-16)29-23(19)27-20(18)17-10-28-22(25-11-26-28)14(4)13(17)3/h10-12,16,24,27H,6-9H2,1-5H3/t16-/m0/s1. The Hall–Kier alpha value is -2.18. The van der Waals surface area contributed by atoms with Crippen molar-refractivity contribution in [1.29, 1.82) is 0 Å². The molecule has 4 aromatic rings. The van der Waals surface area contributed by atoms with E-state index in [0.717, 1.165) is 18.7 Å².